The van der Waals surface area contributed by atoms with Gasteiger partial charge in [-0.25, -0.2) is 0 Å². The van der Waals surface area contributed by atoms with E-state index >= 15 is 0 Å². The minimum Gasteiger partial charge on any atom is -0.260 e. The number of allylic oxidation sites excluding steroid dienone is 3. The summed E-state index contributed by atoms with van der Waals surface area (Å²) in [6.07, 6.45) is 5.73. The zero-order chi connectivity index (χ0) is 9.19. The fourth-order valence-electron chi connectivity index (χ4n) is 0.980. The molecular weight excluding hydrogens is 146 g/mol. The van der Waals surface area contributed by atoms with Crippen molar-refractivity contribution in [3.63, 3.8) is 0 Å². The zero-order valence-electron chi connectivity index (χ0n) is 8.18. The van der Waals surface area contributed by atoms with Gasteiger partial charge in [-0.05, 0) is 24.6 Å². The molecule has 1 rings (SSSR count). The largest absolute Gasteiger partial charge is 0.260 e. The molecule has 1 aliphatic heterocycles. The SMILES string of the molecule is CC1=C=CC=NC(C(C)(C)C)=C1. The summed E-state index contributed by atoms with van der Waals surface area (Å²) in [5.41, 5.74) is 5.48. The molecule has 0 amide bonds. The van der Waals surface area contributed by atoms with E-state index in [-0.39, 0.29) is 5.41 Å². The van der Waals surface area contributed by atoms with Crippen LogP contribution in [0.2, 0.25) is 0 Å². The van der Waals surface area contributed by atoms with Crippen LogP contribution in [0.3, 0.4) is 0 Å². The average molecular weight is 161 g/mol. The smallest absolute Gasteiger partial charge is 0.0466 e. The van der Waals surface area contributed by atoms with Crippen molar-refractivity contribution < 1.29 is 0 Å². The summed E-state index contributed by atoms with van der Waals surface area (Å²) in [5, 5.41) is 0. The van der Waals surface area contributed by atoms with Crippen molar-refractivity contribution in [2.24, 2.45) is 10.4 Å². The second-order valence-electron chi connectivity index (χ2n) is 4.05. The minimum atomic E-state index is 0.123. The Morgan fingerprint density at radius 3 is 2.58 bits per heavy atom. The Morgan fingerprint density at radius 1 is 1.33 bits per heavy atom. The molecule has 0 saturated heterocycles. The van der Waals surface area contributed by atoms with Crippen LogP contribution in [-0.4, -0.2) is 6.21 Å². The number of rotatable bonds is 0. The lowest BCUT2D eigenvalue weighted by atomic mass is 9.91. The summed E-state index contributed by atoms with van der Waals surface area (Å²) in [6.45, 7) is 8.52. The molecule has 12 heavy (non-hydrogen) atoms. The lowest BCUT2D eigenvalue weighted by Gasteiger charge is -2.18. The number of nitrogens with zero attached hydrogens (tertiary/aromatic N) is 1. The van der Waals surface area contributed by atoms with Gasteiger partial charge in [0.1, 0.15) is 0 Å². The fourth-order valence-corrected chi connectivity index (χ4v) is 0.980. The van der Waals surface area contributed by atoms with Crippen molar-refractivity contribution in [3.05, 3.63) is 29.2 Å². The van der Waals surface area contributed by atoms with Crippen LogP contribution in [0.15, 0.2) is 34.1 Å². The van der Waals surface area contributed by atoms with E-state index < -0.39 is 0 Å². The molecular formula is C11H15N. The van der Waals surface area contributed by atoms with E-state index in [0.29, 0.717) is 0 Å². The molecule has 64 valence electrons. The van der Waals surface area contributed by atoms with Gasteiger partial charge in [-0.1, -0.05) is 20.8 Å². The molecule has 1 heterocycles. The number of aliphatic imine (C=N–C) groups is 1. The maximum absolute atomic E-state index is 4.34. The van der Waals surface area contributed by atoms with E-state index in [0.717, 1.165) is 11.3 Å². The van der Waals surface area contributed by atoms with Gasteiger partial charge < -0.3 is 0 Å². The first kappa shape index (κ1) is 9.02. The summed E-state index contributed by atoms with van der Waals surface area (Å²) in [5.74, 6) is 0. The van der Waals surface area contributed by atoms with Crippen molar-refractivity contribution in [1.82, 2.24) is 0 Å². The Balaban J connectivity index is 3.04. The quantitative estimate of drug-likeness (QED) is 0.484. The fraction of sp³-hybridized carbons (Fsp3) is 0.455. The molecule has 0 aliphatic carbocycles. The molecule has 0 bridgehead atoms. The highest BCUT2D eigenvalue weighted by atomic mass is 14.8. The van der Waals surface area contributed by atoms with Crippen LogP contribution in [0.4, 0.5) is 0 Å². The topological polar surface area (TPSA) is 12.4 Å². The van der Waals surface area contributed by atoms with Gasteiger partial charge in [-0.2, -0.15) is 0 Å². The molecule has 0 aromatic rings. The van der Waals surface area contributed by atoms with Gasteiger partial charge in [0, 0.05) is 17.3 Å². The van der Waals surface area contributed by atoms with Crippen molar-refractivity contribution in [2.75, 3.05) is 0 Å². The summed E-state index contributed by atoms with van der Waals surface area (Å²) in [6, 6.07) is 0. The van der Waals surface area contributed by atoms with Crippen LogP contribution < -0.4 is 0 Å². The van der Waals surface area contributed by atoms with E-state index in [1.54, 1.807) is 6.21 Å². The third-order valence-corrected chi connectivity index (χ3v) is 1.72. The van der Waals surface area contributed by atoms with E-state index in [1.165, 1.54) is 0 Å². The van der Waals surface area contributed by atoms with Crippen molar-refractivity contribution in [1.29, 1.82) is 0 Å². The average Bonchev–Trinajstić information content (AvgIpc) is 2.11. The zero-order valence-corrected chi connectivity index (χ0v) is 8.18. The summed E-state index contributed by atoms with van der Waals surface area (Å²) in [4.78, 5) is 4.34. The van der Waals surface area contributed by atoms with Crippen LogP contribution in [0, 0.1) is 5.41 Å². The predicted molar refractivity (Wildman–Crippen MR) is 53.3 cm³/mol. The third kappa shape index (κ3) is 2.21. The molecule has 1 aliphatic rings. The molecule has 0 saturated carbocycles. The summed E-state index contributed by atoms with van der Waals surface area (Å²) in [7, 11) is 0. The lowest BCUT2D eigenvalue weighted by Crippen LogP contribution is -2.07. The van der Waals surface area contributed by atoms with Crippen LogP contribution in [0.25, 0.3) is 0 Å². The molecule has 0 aromatic heterocycles. The molecule has 0 unspecified atom stereocenters. The van der Waals surface area contributed by atoms with Gasteiger partial charge in [-0.15, -0.1) is 5.73 Å². The number of hydrogen-bond acceptors (Lipinski definition) is 1. The van der Waals surface area contributed by atoms with E-state index in [4.69, 9.17) is 0 Å². The van der Waals surface area contributed by atoms with Gasteiger partial charge >= 0.3 is 0 Å². The van der Waals surface area contributed by atoms with Crippen LogP contribution in [-0.2, 0) is 0 Å². The molecule has 0 radical (unpaired) electrons. The maximum atomic E-state index is 4.34. The minimum absolute atomic E-state index is 0.123. The van der Waals surface area contributed by atoms with Crippen molar-refractivity contribution >= 4 is 6.21 Å². The Labute approximate surface area is 74.2 Å². The first-order chi connectivity index (χ1) is 5.50. The maximum Gasteiger partial charge on any atom is 0.0466 e. The summed E-state index contributed by atoms with van der Waals surface area (Å²) < 4.78 is 0. The monoisotopic (exact) mass is 161 g/mol. The van der Waals surface area contributed by atoms with Crippen molar-refractivity contribution in [2.45, 2.75) is 27.7 Å². The highest BCUT2D eigenvalue weighted by Gasteiger charge is 2.16. The van der Waals surface area contributed by atoms with Gasteiger partial charge in [0.25, 0.3) is 0 Å². The van der Waals surface area contributed by atoms with Gasteiger partial charge in [-0.3, -0.25) is 4.99 Å². The Bertz CT molecular complexity index is 291. The molecule has 0 spiro atoms. The Hall–Kier alpha value is -1.07. The molecule has 0 N–H and O–H groups in total. The third-order valence-electron chi connectivity index (χ3n) is 1.72. The predicted octanol–water partition coefficient (Wildman–Crippen LogP) is 3.10. The highest BCUT2D eigenvalue weighted by molar-refractivity contribution is 5.73. The molecule has 0 fully saturated rings. The van der Waals surface area contributed by atoms with Gasteiger partial charge in [0.05, 0.1) is 0 Å². The van der Waals surface area contributed by atoms with Crippen molar-refractivity contribution in [3.8, 4) is 0 Å². The van der Waals surface area contributed by atoms with Crippen LogP contribution >= 0.6 is 0 Å². The Kier molecular flexibility index (Phi) is 2.35. The lowest BCUT2D eigenvalue weighted by molar-refractivity contribution is 0.498. The first-order valence-corrected chi connectivity index (χ1v) is 4.18. The van der Waals surface area contributed by atoms with Gasteiger partial charge in [0.15, 0.2) is 0 Å². The first-order valence-electron chi connectivity index (χ1n) is 4.18. The molecule has 1 nitrogen and oxygen atoms in total. The molecule has 0 atom stereocenters. The van der Waals surface area contributed by atoms with E-state index in [1.807, 2.05) is 13.0 Å². The standard InChI is InChI=1S/C11H15N/c1-9-6-5-7-12-10(8-9)11(2,3)4/h5,7-8H,1-4H3. The second-order valence-corrected chi connectivity index (χ2v) is 4.05. The van der Waals surface area contributed by atoms with E-state index in [2.05, 4.69) is 37.6 Å². The van der Waals surface area contributed by atoms with Crippen LogP contribution in [0.1, 0.15) is 27.7 Å². The van der Waals surface area contributed by atoms with E-state index in [9.17, 15) is 0 Å². The van der Waals surface area contributed by atoms with Gasteiger partial charge in [0.2, 0.25) is 0 Å². The molecule has 1 heteroatoms. The highest BCUT2D eigenvalue weighted by Crippen LogP contribution is 2.27. The molecule has 0 aromatic carbocycles. The number of hydrogen-bond donors (Lipinski definition) is 0. The Morgan fingerprint density at radius 2 is 2.00 bits per heavy atom. The normalized spacial score (nSPS) is 17.0. The summed E-state index contributed by atoms with van der Waals surface area (Å²) >= 11 is 0. The van der Waals surface area contributed by atoms with Crippen LogP contribution in [0.5, 0.6) is 0 Å². The second kappa shape index (κ2) is 3.12.